The Kier molecular flexibility index (Phi) is 6.83. The number of thioether (sulfide) groups is 1. The predicted octanol–water partition coefficient (Wildman–Crippen LogP) is 4.92. The van der Waals surface area contributed by atoms with Gasteiger partial charge in [0.15, 0.2) is 5.16 Å². The van der Waals surface area contributed by atoms with Gasteiger partial charge in [-0.15, -0.1) is 11.3 Å². The van der Waals surface area contributed by atoms with Crippen molar-refractivity contribution in [3.8, 4) is 5.75 Å². The van der Waals surface area contributed by atoms with Crippen LogP contribution in [0.1, 0.15) is 5.56 Å². The van der Waals surface area contributed by atoms with Crippen LogP contribution in [0.4, 0.5) is 5.69 Å². The van der Waals surface area contributed by atoms with Crippen molar-refractivity contribution >= 4 is 56.5 Å². The third-order valence-corrected chi connectivity index (χ3v) is 6.99. The quantitative estimate of drug-likeness (QED) is 0.274. The molecule has 6 nitrogen and oxygen atoms in total. The summed E-state index contributed by atoms with van der Waals surface area (Å²) >= 11 is 8.66. The number of ether oxygens (including phenoxy) is 1. The first-order valence-corrected chi connectivity index (χ1v) is 12.0. The van der Waals surface area contributed by atoms with Crippen LogP contribution in [-0.2, 0) is 11.3 Å². The minimum absolute atomic E-state index is 0.119. The zero-order chi connectivity index (χ0) is 22.7. The molecule has 0 saturated carbocycles. The lowest BCUT2D eigenvalue weighted by Crippen LogP contribution is -2.29. The average Bonchev–Trinajstić information content (AvgIpc) is 3.28. The summed E-state index contributed by atoms with van der Waals surface area (Å²) in [5.74, 6) is 0.724. The van der Waals surface area contributed by atoms with Gasteiger partial charge in [0.05, 0.1) is 24.9 Å². The number of hydrogen-bond donors (Lipinski definition) is 0. The molecule has 0 spiro atoms. The smallest absolute Gasteiger partial charge is 0.272 e. The van der Waals surface area contributed by atoms with Crippen LogP contribution in [0.5, 0.6) is 5.75 Å². The normalized spacial score (nSPS) is 11.0. The van der Waals surface area contributed by atoms with Crippen LogP contribution in [0.15, 0.2) is 69.9 Å². The number of fused-ring (bicyclic) bond motifs is 1. The monoisotopic (exact) mass is 485 g/mol. The van der Waals surface area contributed by atoms with Crippen LogP contribution in [-0.4, -0.2) is 35.4 Å². The number of nitrogens with zero attached hydrogens (tertiary/aromatic N) is 3. The summed E-state index contributed by atoms with van der Waals surface area (Å²) in [5, 5.41) is 2.91. The fourth-order valence-electron chi connectivity index (χ4n) is 3.18. The standard InChI is InChI=1S/C23H20ClN3O3S2/c1-26(17-7-4-6-16(24)12-17)20(28)14-32-23-25-19-9-10-31-21(19)22(29)27(23)13-15-5-3-8-18(11-15)30-2/h3-12H,13-14H2,1-2H3. The van der Waals surface area contributed by atoms with Gasteiger partial charge in [0.25, 0.3) is 5.56 Å². The fourth-order valence-corrected chi connectivity index (χ4v) is 5.05. The molecule has 4 rings (SSSR count). The van der Waals surface area contributed by atoms with Gasteiger partial charge in [-0.2, -0.15) is 0 Å². The minimum atomic E-state index is -0.120. The molecule has 9 heteroatoms. The number of hydrogen-bond acceptors (Lipinski definition) is 6. The lowest BCUT2D eigenvalue weighted by Gasteiger charge is -2.18. The summed E-state index contributed by atoms with van der Waals surface area (Å²) in [5.41, 5.74) is 2.14. The number of methoxy groups -OCH3 is 1. The Labute approximate surface area is 198 Å². The first kappa shape index (κ1) is 22.4. The molecule has 4 aromatic rings. The Morgan fingerprint density at radius 3 is 2.81 bits per heavy atom. The molecule has 2 aromatic heterocycles. The number of halogens is 1. The van der Waals surface area contributed by atoms with Gasteiger partial charge < -0.3 is 9.64 Å². The zero-order valence-corrected chi connectivity index (χ0v) is 19.8. The molecule has 0 bridgehead atoms. The molecule has 32 heavy (non-hydrogen) atoms. The Morgan fingerprint density at radius 2 is 2.03 bits per heavy atom. The van der Waals surface area contributed by atoms with Crippen LogP contribution >= 0.6 is 34.7 Å². The second kappa shape index (κ2) is 9.77. The van der Waals surface area contributed by atoms with E-state index in [-0.39, 0.29) is 17.2 Å². The van der Waals surface area contributed by atoms with Crippen molar-refractivity contribution in [1.29, 1.82) is 0 Å². The highest BCUT2D eigenvalue weighted by atomic mass is 35.5. The molecule has 0 saturated heterocycles. The number of amides is 1. The van der Waals surface area contributed by atoms with Crippen LogP contribution in [0.2, 0.25) is 5.02 Å². The third kappa shape index (κ3) is 4.82. The van der Waals surface area contributed by atoms with Crippen LogP contribution in [0, 0.1) is 0 Å². The van der Waals surface area contributed by atoms with E-state index < -0.39 is 0 Å². The molecule has 2 aromatic carbocycles. The highest BCUT2D eigenvalue weighted by molar-refractivity contribution is 7.99. The SMILES string of the molecule is COc1cccc(Cn2c(SCC(=O)N(C)c3cccc(Cl)c3)nc3ccsc3c2=O)c1. The van der Waals surface area contributed by atoms with Crippen molar-refractivity contribution in [2.24, 2.45) is 0 Å². The van der Waals surface area contributed by atoms with E-state index in [1.54, 1.807) is 41.8 Å². The number of rotatable bonds is 7. The molecule has 0 fully saturated rings. The summed E-state index contributed by atoms with van der Waals surface area (Å²) in [6.07, 6.45) is 0. The van der Waals surface area contributed by atoms with Crippen LogP contribution in [0.25, 0.3) is 10.2 Å². The molecule has 1 amide bonds. The van der Waals surface area contributed by atoms with Gasteiger partial charge in [-0.05, 0) is 47.3 Å². The average molecular weight is 486 g/mol. The summed E-state index contributed by atoms with van der Waals surface area (Å²) in [4.78, 5) is 32.2. The molecule has 164 valence electrons. The van der Waals surface area contributed by atoms with Crippen molar-refractivity contribution in [2.75, 3.05) is 24.8 Å². The predicted molar refractivity (Wildman–Crippen MR) is 132 cm³/mol. The first-order valence-electron chi connectivity index (χ1n) is 9.72. The molecular formula is C23H20ClN3O3S2. The van der Waals surface area contributed by atoms with Crippen molar-refractivity contribution < 1.29 is 9.53 Å². The second-order valence-electron chi connectivity index (χ2n) is 6.99. The molecule has 0 atom stereocenters. The van der Waals surface area contributed by atoms with E-state index in [1.165, 1.54) is 23.1 Å². The Bertz CT molecular complexity index is 1340. The summed E-state index contributed by atoms with van der Waals surface area (Å²) in [6, 6.07) is 16.5. The van der Waals surface area contributed by atoms with Gasteiger partial charge in [-0.3, -0.25) is 14.2 Å². The highest BCUT2D eigenvalue weighted by Crippen LogP contribution is 2.24. The molecule has 0 N–H and O–H groups in total. The van der Waals surface area contributed by atoms with Gasteiger partial charge in [-0.25, -0.2) is 4.98 Å². The molecule has 0 aliphatic carbocycles. The minimum Gasteiger partial charge on any atom is -0.497 e. The number of benzene rings is 2. The molecular weight excluding hydrogens is 466 g/mol. The van der Waals surface area contributed by atoms with Gasteiger partial charge >= 0.3 is 0 Å². The number of anilines is 1. The van der Waals surface area contributed by atoms with Gasteiger partial charge in [0.1, 0.15) is 10.4 Å². The number of carbonyl (C=O) groups is 1. The lowest BCUT2D eigenvalue weighted by molar-refractivity contribution is -0.115. The highest BCUT2D eigenvalue weighted by Gasteiger charge is 2.17. The van der Waals surface area contributed by atoms with E-state index in [4.69, 9.17) is 16.3 Å². The maximum absolute atomic E-state index is 13.2. The van der Waals surface area contributed by atoms with E-state index >= 15 is 0 Å². The first-order chi connectivity index (χ1) is 15.5. The molecule has 2 heterocycles. The summed E-state index contributed by atoms with van der Waals surface area (Å²) in [6.45, 7) is 0.331. The Hall–Kier alpha value is -2.81. The Balaban J connectivity index is 1.62. The lowest BCUT2D eigenvalue weighted by atomic mass is 10.2. The van der Waals surface area contributed by atoms with Crippen molar-refractivity contribution in [3.05, 3.63) is 80.9 Å². The zero-order valence-electron chi connectivity index (χ0n) is 17.4. The number of thiophene rings is 1. The van der Waals surface area contributed by atoms with E-state index in [0.717, 1.165) is 5.56 Å². The van der Waals surface area contributed by atoms with Crippen molar-refractivity contribution in [3.63, 3.8) is 0 Å². The van der Waals surface area contributed by atoms with E-state index in [0.29, 0.717) is 38.4 Å². The van der Waals surface area contributed by atoms with Gasteiger partial charge in [0, 0.05) is 17.8 Å². The molecule has 0 radical (unpaired) electrons. The largest absolute Gasteiger partial charge is 0.497 e. The fraction of sp³-hybridized carbons (Fsp3) is 0.174. The molecule has 0 aliphatic heterocycles. The molecule has 0 aliphatic rings. The second-order valence-corrected chi connectivity index (χ2v) is 9.29. The third-order valence-electron chi connectivity index (χ3n) is 4.90. The summed E-state index contributed by atoms with van der Waals surface area (Å²) < 4.78 is 7.51. The maximum Gasteiger partial charge on any atom is 0.272 e. The van der Waals surface area contributed by atoms with E-state index in [1.807, 2.05) is 41.8 Å². The van der Waals surface area contributed by atoms with Gasteiger partial charge in [-0.1, -0.05) is 41.6 Å². The van der Waals surface area contributed by atoms with Crippen LogP contribution < -0.4 is 15.2 Å². The van der Waals surface area contributed by atoms with E-state index in [2.05, 4.69) is 4.98 Å². The molecule has 0 unspecified atom stereocenters. The topological polar surface area (TPSA) is 64.4 Å². The van der Waals surface area contributed by atoms with Crippen molar-refractivity contribution in [2.45, 2.75) is 11.7 Å². The number of aromatic nitrogens is 2. The summed E-state index contributed by atoms with van der Waals surface area (Å²) in [7, 11) is 3.31. The number of carbonyl (C=O) groups excluding carboxylic acids is 1. The van der Waals surface area contributed by atoms with Gasteiger partial charge in [0.2, 0.25) is 5.91 Å². The maximum atomic E-state index is 13.2. The van der Waals surface area contributed by atoms with Crippen LogP contribution in [0.3, 0.4) is 0 Å². The van der Waals surface area contributed by atoms with E-state index in [9.17, 15) is 9.59 Å². The Morgan fingerprint density at radius 1 is 1.22 bits per heavy atom. The van der Waals surface area contributed by atoms with Crippen molar-refractivity contribution in [1.82, 2.24) is 9.55 Å².